The second-order valence-corrected chi connectivity index (χ2v) is 6.65. The first kappa shape index (κ1) is 17.0. The van der Waals surface area contributed by atoms with Crippen LogP contribution in [-0.4, -0.2) is 30.7 Å². The summed E-state index contributed by atoms with van der Waals surface area (Å²) in [5.41, 5.74) is 0.692. The Balaban J connectivity index is 1.31. The molecule has 0 spiro atoms. The van der Waals surface area contributed by atoms with E-state index in [2.05, 4.69) is 5.32 Å². The molecule has 2 unspecified atom stereocenters. The van der Waals surface area contributed by atoms with Gasteiger partial charge in [0.25, 0.3) is 5.91 Å². The molecule has 2 fully saturated rings. The van der Waals surface area contributed by atoms with Crippen molar-refractivity contribution in [3.8, 4) is 0 Å². The Morgan fingerprint density at radius 3 is 2.58 bits per heavy atom. The van der Waals surface area contributed by atoms with Crippen LogP contribution in [0.15, 0.2) is 30.3 Å². The number of rotatable bonds is 7. The second-order valence-electron chi connectivity index (χ2n) is 6.65. The highest BCUT2D eigenvalue weighted by Crippen LogP contribution is 2.28. The number of nitrogens with one attached hydrogen (secondary N) is 1. The maximum Gasteiger partial charge on any atom is 0.338 e. The molecule has 1 aliphatic carbocycles. The zero-order valence-electron chi connectivity index (χ0n) is 13.9. The van der Waals surface area contributed by atoms with E-state index in [4.69, 9.17) is 9.47 Å². The summed E-state index contributed by atoms with van der Waals surface area (Å²) in [7, 11) is 0. The maximum atomic E-state index is 12.0. The first-order chi connectivity index (χ1) is 11.7. The van der Waals surface area contributed by atoms with Crippen molar-refractivity contribution < 1.29 is 19.1 Å². The zero-order chi connectivity index (χ0) is 16.8. The van der Waals surface area contributed by atoms with Gasteiger partial charge in [-0.1, -0.05) is 50.3 Å². The van der Waals surface area contributed by atoms with Crippen molar-refractivity contribution in [3.05, 3.63) is 30.3 Å². The van der Waals surface area contributed by atoms with Crippen molar-refractivity contribution in [2.75, 3.05) is 11.9 Å². The molecule has 130 valence electrons. The summed E-state index contributed by atoms with van der Waals surface area (Å²) in [5, 5.41) is 2.73. The van der Waals surface area contributed by atoms with Crippen molar-refractivity contribution in [3.63, 3.8) is 0 Å². The van der Waals surface area contributed by atoms with Crippen molar-refractivity contribution in [2.24, 2.45) is 5.92 Å². The van der Waals surface area contributed by atoms with E-state index in [1.165, 1.54) is 32.1 Å². The molecule has 1 amide bonds. The van der Waals surface area contributed by atoms with Gasteiger partial charge in [0.05, 0.1) is 6.61 Å². The SMILES string of the molecule is O=C(Nc1ccccc1)C1OC1C(=O)OCCCC1CCCCC1. The average molecular weight is 331 g/mol. The quantitative estimate of drug-likeness (QED) is 0.473. The van der Waals surface area contributed by atoms with Crippen LogP contribution >= 0.6 is 0 Å². The van der Waals surface area contributed by atoms with E-state index in [1.807, 2.05) is 18.2 Å². The molecule has 2 aliphatic rings. The van der Waals surface area contributed by atoms with Crippen LogP contribution in [0.4, 0.5) is 5.69 Å². The molecule has 5 heteroatoms. The van der Waals surface area contributed by atoms with Gasteiger partial charge in [-0.05, 0) is 30.9 Å². The number of carbonyl (C=O) groups is 2. The summed E-state index contributed by atoms with van der Waals surface area (Å²) in [6.07, 6.45) is 7.18. The van der Waals surface area contributed by atoms with E-state index in [-0.39, 0.29) is 5.91 Å². The van der Waals surface area contributed by atoms with Crippen molar-refractivity contribution in [2.45, 2.75) is 57.2 Å². The van der Waals surface area contributed by atoms with Gasteiger partial charge in [0.15, 0.2) is 12.2 Å². The molecule has 0 radical (unpaired) electrons. The maximum absolute atomic E-state index is 12.0. The fraction of sp³-hybridized carbons (Fsp3) is 0.579. The van der Waals surface area contributed by atoms with Gasteiger partial charge in [-0.2, -0.15) is 0 Å². The highest BCUT2D eigenvalue weighted by molar-refractivity contribution is 6.00. The third kappa shape index (κ3) is 4.81. The van der Waals surface area contributed by atoms with Gasteiger partial charge >= 0.3 is 5.97 Å². The number of hydrogen-bond acceptors (Lipinski definition) is 4. The molecular formula is C19H25NO4. The van der Waals surface area contributed by atoms with E-state index in [1.54, 1.807) is 12.1 Å². The molecule has 0 aromatic heterocycles. The third-order valence-electron chi connectivity index (χ3n) is 4.75. The van der Waals surface area contributed by atoms with Gasteiger partial charge < -0.3 is 14.8 Å². The summed E-state index contributed by atoms with van der Waals surface area (Å²) in [6.45, 7) is 0.419. The Bertz CT molecular complexity index is 554. The Labute approximate surface area is 142 Å². The van der Waals surface area contributed by atoms with Crippen LogP contribution < -0.4 is 5.32 Å². The van der Waals surface area contributed by atoms with Crippen LogP contribution in [0.5, 0.6) is 0 Å². The van der Waals surface area contributed by atoms with Crippen LogP contribution in [0.1, 0.15) is 44.9 Å². The first-order valence-electron chi connectivity index (χ1n) is 8.92. The first-order valence-corrected chi connectivity index (χ1v) is 8.92. The number of epoxide rings is 1. The number of para-hydroxylation sites is 1. The molecule has 2 atom stereocenters. The lowest BCUT2D eigenvalue weighted by Crippen LogP contribution is -2.24. The minimum absolute atomic E-state index is 0.301. The molecule has 1 saturated heterocycles. The number of ether oxygens (including phenoxy) is 2. The normalized spacial score (nSPS) is 23.5. The average Bonchev–Trinajstić information content (AvgIpc) is 3.41. The fourth-order valence-electron chi connectivity index (χ4n) is 3.33. The molecule has 1 aromatic rings. The lowest BCUT2D eigenvalue weighted by atomic mass is 9.86. The van der Waals surface area contributed by atoms with Crippen molar-refractivity contribution >= 4 is 17.6 Å². The number of hydrogen-bond donors (Lipinski definition) is 1. The lowest BCUT2D eigenvalue weighted by molar-refractivity contribution is -0.145. The predicted molar refractivity (Wildman–Crippen MR) is 90.5 cm³/mol. The summed E-state index contributed by atoms with van der Waals surface area (Å²) < 4.78 is 10.4. The Morgan fingerprint density at radius 2 is 1.83 bits per heavy atom. The molecule has 1 aliphatic heterocycles. The van der Waals surface area contributed by atoms with E-state index in [0.29, 0.717) is 12.3 Å². The molecule has 1 saturated carbocycles. The molecule has 1 heterocycles. The van der Waals surface area contributed by atoms with Gasteiger partial charge in [-0.3, -0.25) is 4.79 Å². The summed E-state index contributed by atoms with van der Waals surface area (Å²) >= 11 is 0. The van der Waals surface area contributed by atoms with E-state index in [0.717, 1.165) is 18.8 Å². The van der Waals surface area contributed by atoms with E-state index in [9.17, 15) is 9.59 Å². The van der Waals surface area contributed by atoms with Crippen LogP contribution in [0, 0.1) is 5.92 Å². The van der Waals surface area contributed by atoms with Gasteiger partial charge in [-0.15, -0.1) is 0 Å². The minimum Gasteiger partial charge on any atom is -0.464 e. The van der Waals surface area contributed by atoms with Crippen molar-refractivity contribution in [1.82, 2.24) is 0 Å². The van der Waals surface area contributed by atoms with Gasteiger partial charge in [0, 0.05) is 5.69 Å². The number of amides is 1. The Kier molecular flexibility index (Phi) is 5.86. The third-order valence-corrected chi connectivity index (χ3v) is 4.75. The van der Waals surface area contributed by atoms with Gasteiger partial charge in [0.1, 0.15) is 0 Å². The van der Waals surface area contributed by atoms with E-state index >= 15 is 0 Å². The molecule has 24 heavy (non-hydrogen) atoms. The van der Waals surface area contributed by atoms with Gasteiger partial charge in [0.2, 0.25) is 0 Å². The molecular weight excluding hydrogens is 306 g/mol. The van der Waals surface area contributed by atoms with Crippen LogP contribution in [0.3, 0.4) is 0 Å². The highest BCUT2D eigenvalue weighted by Gasteiger charge is 2.51. The Hall–Kier alpha value is -1.88. The largest absolute Gasteiger partial charge is 0.464 e. The summed E-state index contributed by atoms with van der Waals surface area (Å²) in [6, 6.07) is 9.12. The van der Waals surface area contributed by atoms with Crippen LogP contribution in [0.25, 0.3) is 0 Å². The van der Waals surface area contributed by atoms with Crippen molar-refractivity contribution in [1.29, 1.82) is 0 Å². The topological polar surface area (TPSA) is 67.9 Å². The minimum atomic E-state index is -0.747. The monoisotopic (exact) mass is 331 g/mol. The Morgan fingerprint density at radius 1 is 1.08 bits per heavy atom. The second kappa shape index (κ2) is 8.29. The van der Waals surface area contributed by atoms with Crippen LogP contribution in [0.2, 0.25) is 0 Å². The molecule has 1 N–H and O–H groups in total. The van der Waals surface area contributed by atoms with E-state index < -0.39 is 18.2 Å². The molecule has 0 bridgehead atoms. The molecule has 5 nitrogen and oxygen atoms in total. The molecule has 1 aromatic carbocycles. The lowest BCUT2D eigenvalue weighted by Gasteiger charge is -2.21. The fourth-order valence-corrected chi connectivity index (χ4v) is 3.33. The summed E-state index contributed by atoms with van der Waals surface area (Å²) in [5.74, 6) is 0.0660. The highest BCUT2D eigenvalue weighted by atomic mass is 16.6. The van der Waals surface area contributed by atoms with Crippen LogP contribution in [-0.2, 0) is 19.1 Å². The predicted octanol–water partition coefficient (Wildman–Crippen LogP) is 3.30. The van der Waals surface area contributed by atoms with Gasteiger partial charge in [-0.25, -0.2) is 4.79 Å². The standard InChI is InChI=1S/C19H25NO4/c21-18(20-15-11-5-2-6-12-15)16-17(24-16)19(22)23-13-7-10-14-8-3-1-4-9-14/h2,5-6,11-12,14,16-17H,1,3-4,7-10,13H2,(H,20,21). The number of benzene rings is 1. The smallest absolute Gasteiger partial charge is 0.338 e. The summed E-state index contributed by atoms with van der Waals surface area (Å²) in [4.78, 5) is 23.9. The number of carbonyl (C=O) groups excluding carboxylic acids is 2. The number of anilines is 1. The zero-order valence-corrected chi connectivity index (χ0v) is 13.9. The molecule has 3 rings (SSSR count). The number of esters is 1.